The van der Waals surface area contributed by atoms with Crippen LogP contribution in [0.3, 0.4) is 0 Å². The van der Waals surface area contributed by atoms with Crippen LogP contribution in [0.25, 0.3) is 115 Å². The molecule has 0 saturated carbocycles. The van der Waals surface area contributed by atoms with Gasteiger partial charge < -0.3 is 4.57 Å². The predicted molar refractivity (Wildman–Crippen MR) is 242 cm³/mol. The summed E-state index contributed by atoms with van der Waals surface area (Å²) in [6.07, 6.45) is 3.91. The average molecular weight is 723 g/mol. The molecule has 0 radical (unpaired) electrons. The summed E-state index contributed by atoms with van der Waals surface area (Å²) in [7, 11) is 0. The Labute approximate surface area is 329 Å². The zero-order valence-corrected chi connectivity index (χ0v) is 31.0. The molecule has 0 fully saturated rings. The van der Waals surface area contributed by atoms with E-state index in [9.17, 15) is 0 Å². The van der Waals surface area contributed by atoms with Crippen molar-refractivity contribution in [2.75, 3.05) is 0 Å². The molecule has 0 aliphatic heterocycles. The zero-order valence-electron chi connectivity index (χ0n) is 31.0. The molecule has 264 valence electrons. The van der Waals surface area contributed by atoms with Gasteiger partial charge in [0.25, 0.3) is 0 Å². The number of benzene rings is 10. The third-order valence-corrected chi connectivity index (χ3v) is 12.0. The fourth-order valence-corrected chi connectivity index (χ4v) is 9.46. The molecule has 0 spiro atoms. The van der Waals surface area contributed by atoms with Crippen molar-refractivity contribution in [1.29, 1.82) is 0 Å². The van der Waals surface area contributed by atoms with Gasteiger partial charge in [0.2, 0.25) is 0 Å². The summed E-state index contributed by atoms with van der Waals surface area (Å²) in [5.74, 6) is 0. The van der Waals surface area contributed by atoms with Crippen LogP contribution in [0, 0.1) is 0 Å². The fraction of sp³-hybridized carbons (Fsp3) is 0. The Morgan fingerprint density at radius 2 is 0.842 bits per heavy atom. The van der Waals surface area contributed by atoms with Gasteiger partial charge in [-0.2, -0.15) is 0 Å². The lowest BCUT2D eigenvalue weighted by Crippen LogP contribution is -1.94. The molecule has 0 aliphatic rings. The lowest BCUT2D eigenvalue weighted by molar-refractivity contribution is 1.18. The minimum atomic E-state index is 1.14. The van der Waals surface area contributed by atoms with Crippen molar-refractivity contribution in [1.82, 2.24) is 9.55 Å². The molecule has 10 aromatic carbocycles. The predicted octanol–water partition coefficient (Wildman–Crippen LogP) is 14.9. The molecule has 12 aromatic rings. The first kappa shape index (κ1) is 31.8. The molecular formula is C55H34N2. The van der Waals surface area contributed by atoms with Gasteiger partial charge >= 0.3 is 0 Å². The largest absolute Gasteiger partial charge is 0.309 e. The lowest BCUT2D eigenvalue weighted by Gasteiger charge is -2.20. The van der Waals surface area contributed by atoms with Gasteiger partial charge in [-0.1, -0.05) is 158 Å². The van der Waals surface area contributed by atoms with Crippen molar-refractivity contribution >= 4 is 75.7 Å². The van der Waals surface area contributed by atoms with Gasteiger partial charge in [0, 0.05) is 28.9 Å². The van der Waals surface area contributed by atoms with Crippen LogP contribution in [-0.2, 0) is 0 Å². The van der Waals surface area contributed by atoms with E-state index in [4.69, 9.17) is 0 Å². The molecule has 0 aliphatic carbocycles. The monoisotopic (exact) mass is 722 g/mol. The molecular weight excluding hydrogens is 689 g/mol. The van der Waals surface area contributed by atoms with E-state index in [-0.39, 0.29) is 0 Å². The van der Waals surface area contributed by atoms with Crippen LogP contribution in [0.4, 0.5) is 0 Å². The third-order valence-electron chi connectivity index (χ3n) is 12.0. The number of fused-ring (bicyclic) bond motifs is 8. The topological polar surface area (TPSA) is 17.8 Å². The molecule has 2 heteroatoms. The first-order chi connectivity index (χ1) is 28.3. The fourth-order valence-electron chi connectivity index (χ4n) is 9.46. The second-order valence-corrected chi connectivity index (χ2v) is 15.1. The Bertz CT molecular complexity index is 3580. The van der Waals surface area contributed by atoms with Gasteiger partial charge in [-0.05, 0) is 124 Å². The van der Waals surface area contributed by atoms with E-state index in [0.29, 0.717) is 0 Å². The highest BCUT2D eigenvalue weighted by atomic mass is 15.0. The van der Waals surface area contributed by atoms with Crippen molar-refractivity contribution < 1.29 is 0 Å². The minimum absolute atomic E-state index is 1.14. The Morgan fingerprint density at radius 3 is 1.54 bits per heavy atom. The number of aromatic nitrogens is 2. The molecule has 0 saturated heterocycles. The summed E-state index contributed by atoms with van der Waals surface area (Å²) in [5.41, 5.74) is 10.8. The Hall–Kier alpha value is -7.55. The van der Waals surface area contributed by atoms with Crippen LogP contribution >= 0.6 is 0 Å². The van der Waals surface area contributed by atoms with Crippen LogP contribution in [0.15, 0.2) is 207 Å². The van der Waals surface area contributed by atoms with Gasteiger partial charge in [-0.25, -0.2) is 0 Å². The van der Waals surface area contributed by atoms with Crippen LogP contribution in [0.5, 0.6) is 0 Å². The normalized spacial score (nSPS) is 11.9. The summed E-state index contributed by atoms with van der Waals surface area (Å²) < 4.78 is 2.38. The van der Waals surface area contributed by atoms with E-state index < -0.39 is 0 Å². The second kappa shape index (κ2) is 12.5. The average Bonchev–Trinajstić information content (AvgIpc) is 3.61. The Balaban J connectivity index is 1.15. The molecule has 0 N–H and O–H groups in total. The highest BCUT2D eigenvalue weighted by Gasteiger charge is 2.21. The van der Waals surface area contributed by atoms with Crippen molar-refractivity contribution in [3.8, 4) is 39.1 Å². The summed E-state index contributed by atoms with van der Waals surface area (Å²) in [5, 5.41) is 14.8. The molecule has 0 unspecified atom stereocenters. The molecule has 2 nitrogen and oxygen atoms in total. The number of nitrogens with zero attached hydrogens (tertiary/aromatic N) is 2. The van der Waals surface area contributed by atoms with Crippen LogP contribution in [0.2, 0.25) is 0 Å². The van der Waals surface area contributed by atoms with Gasteiger partial charge in [0.15, 0.2) is 0 Å². The Morgan fingerprint density at radius 1 is 0.316 bits per heavy atom. The van der Waals surface area contributed by atoms with E-state index >= 15 is 0 Å². The Kier molecular flexibility index (Phi) is 6.96. The highest BCUT2D eigenvalue weighted by molar-refractivity contribution is 6.26. The molecule has 2 aromatic heterocycles. The molecule has 2 heterocycles. The number of pyridine rings is 1. The third kappa shape index (κ3) is 4.87. The smallest absolute Gasteiger partial charge is 0.0571 e. The standard InChI is InChI=1S/C55H34N2/c1-2-14-38-31-41(26-23-35(38)11-1)57-52-28-25-40(32-49(52)51-34-56-30-29-53(51)57)39-24-27-48-50(33-39)55(45-22-10-16-37-13-4-6-18-43(37)45)47-20-8-7-19-46(47)54(48)44-21-9-15-36-12-3-5-17-42(36)44/h1-34H. The van der Waals surface area contributed by atoms with Crippen molar-refractivity contribution in [3.05, 3.63) is 207 Å². The summed E-state index contributed by atoms with van der Waals surface area (Å²) in [6.45, 7) is 0. The van der Waals surface area contributed by atoms with Crippen LogP contribution in [0.1, 0.15) is 0 Å². The van der Waals surface area contributed by atoms with E-state index in [1.807, 2.05) is 12.4 Å². The minimum Gasteiger partial charge on any atom is -0.309 e. The lowest BCUT2D eigenvalue weighted by atomic mass is 9.83. The molecule has 12 rings (SSSR count). The molecule has 0 amide bonds. The zero-order chi connectivity index (χ0) is 37.5. The van der Waals surface area contributed by atoms with E-state index in [1.165, 1.54) is 98.1 Å². The first-order valence-corrected chi connectivity index (χ1v) is 19.6. The van der Waals surface area contributed by atoms with Crippen LogP contribution in [-0.4, -0.2) is 9.55 Å². The van der Waals surface area contributed by atoms with Crippen molar-refractivity contribution in [2.45, 2.75) is 0 Å². The quantitative estimate of drug-likeness (QED) is 0.165. The molecule has 0 bridgehead atoms. The van der Waals surface area contributed by atoms with E-state index in [2.05, 4.69) is 204 Å². The van der Waals surface area contributed by atoms with Crippen LogP contribution < -0.4 is 0 Å². The maximum atomic E-state index is 4.61. The van der Waals surface area contributed by atoms with Crippen molar-refractivity contribution in [2.24, 2.45) is 0 Å². The van der Waals surface area contributed by atoms with E-state index in [1.54, 1.807) is 0 Å². The summed E-state index contributed by atoms with van der Waals surface area (Å²) in [6, 6.07) is 71.5. The number of hydrogen-bond acceptors (Lipinski definition) is 1. The van der Waals surface area contributed by atoms with Crippen molar-refractivity contribution in [3.63, 3.8) is 0 Å². The maximum absolute atomic E-state index is 4.61. The second-order valence-electron chi connectivity index (χ2n) is 15.1. The van der Waals surface area contributed by atoms with E-state index in [0.717, 1.165) is 16.6 Å². The highest BCUT2D eigenvalue weighted by Crippen LogP contribution is 2.48. The first-order valence-electron chi connectivity index (χ1n) is 19.6. The summed E-state index contributed by atoms with van der Waals surface area (Å²) >= 11 is 0. The summed E-state index contributed by atoms with van der Waals surface area (Å²) in [4.78, 5) is 4.61. The molecule has 0 atom stereocenters. The maximum Gasteiger partial charge on any atom is 0.0571 e. The number of rotatable bonds is 4. The van der Waals surface area contributed by atoms with Gasteiger partial charge in [0.1, 0.15) is 0 Å². The molecule has 57 heavy (non-hydrogen) atoms. The number of hydrogen-bond donors (Lipinski definition) is 0. The van der Waals surface area contributed by atoms with Gasteiger partial charge in [-0.3, -0.25) is 4.98 Å². The van der Waals surface area contributed by atoms with Gasteiger partial charge in [-0.15, -0.1) is 0 Å². The van der Waals surface area contributed by atoms with Gasteiger partial charge in [0.05, 0.1) is 11.0 Å². The SMILES string of the molecule is c1ccc2cc(-n3c4ccncc4c4cc(-c5ccc6c(-c7cccc8ccccc78)c7ccccc7c(-c7cccc8ccccc78)c6c5)ccc43)ccc2c1.